The van der Waals surface area contributed by atoms with Gasteiger partial charge in [-0.15, -0.1) is 13.2 Å². The van der Waals surface area contributed by atoms with E-state index in [2.05, 4.69) is 28.7 Å². The summed E-state index contributed by atoms with van der Waals surface area (Å²) >= 11 is 0.989. The first-order chi connectivity index (χ1) is 18.4. The number of alkyl halides is 9. The maximum Gasteiger partial charge on any atom is 0.573 e. The average Bonchev–Trinajstić information content (AvgIpc) is 3.22. The van der Waals surface area contributed by atoms with Gasteiger partial charge in [0.25, 0.3) is 0 Å². The van der Waals surface area contributed by atoms with Crippen molar-refractivity contribution in [2.75, 3.05) is 31.9 Å². The maximum absolute atomic E-state index is 12.4. The quantitative estimate of drug-likeness (QED) is 0.114. The highest BCUT2D eigenvalue weighted by atomic mass is 32.2. The molecule has 0 saturated heterocycles. The fourth-order valence-corrected chi connectivity index (χ4v) is 4.92. The molecule has 0 aliphatic rings. The molecule has 2 heterocycles. The SMILES string of the molecule is Nc1nc(Sc2ccc(OC(F)(F)F)cc2)c2ncn(CCOCP(=O)(OCC(F)(F)F)OCC(F)(F)F)c2n1. The van der Waals surface area contributed by atoms with Gasteiger partial charge in [0.05, 0.1) is 12.9 Å². The lowest BCUT2D eigenvalue weighted by Gasteiger charge is -2.20. The summed E-state index contributed by atoms with van der Waals surface area (Å²) in [7, 11) is -4.94. The predicted molar refractivity (Wildman–Crippen MR) is 119 cm³/mol. The third-order valence-electron chi connectivity index (χ3n) is 4.30. The zero-order valence-corrected chi connectivity index (χ0v) is 21.3. The summed E-state index contributed by atoms with van der Waals surface area (Å²) in [5.41, 5.74) is 6.11. The van der Waals surface area contributed by atoms with Gasteiger partial charge in [0, 0.05) is 11.4 Å². The van der Waals surface area contributed by atoms with Gasteiger partial charge in [0.1, 0.15) is 22.6 Å². The number of rotatable bonds is 12. The van der Waals surface area contributed by atoms with Crippen LogP contribution < -0.4 is 10.5 Å². The standard InChI is InChI=1S/C19H17F9N5O5PS/c20-17(21,22)7-36-39(34,37-8-18(23,24)25)10-35-6-5-33-9-30-13-14(33)31-16(29)32-15(13)40-12-3-1-11(2-4-12)38-19(26,27)28/h1-4,9H,5-8,10H2,(H2,29,31,32). The minimum atomic E-state index is -4.98. The fourth-order valence-electron chi connectivity index (χ4n) is 2.78. The lowest BCUT2D eigenvalue weighted by atomic mass is 10.3. The maximum atomic E-state index is 12.4. The van der Waals surface area contributed by atoms with Crippen LogP contribution in [0.15, 0.2) is 40.5 Å². The van der Waals surface area contributed by atoms with Gasteiger partial charge >= 0.3 is 26.3 Å². The van der Waals surface area contributed by atoms with Crippen LogP contribution in [0.4, 0.5) is 45.5 Å². The van der Waals surface area contributed by atoms with Crippen molar-refractivity contribution in [2.24, 2.45) is 0 Å². The first kappa shape index (κ1) is 31.7. The van der Waals surface area contributed by atoms with Crippen molar-refractivity contribution in [1.29, 1.82) is 0 Å². The Bertz CT molecular complexity index is 1310. The topological polar surface area (TPSA) is 124 Å². The monoisotopic (exact) mass is 629 g/mol. The van der Waals surface area contributed by atoms with Crippen LogP contribution in [-0.4, -0.2) is 64.4 Å². The van der Waals surface area contributed by atoms with Gasteiger partial charge in [-0.3, -0.25) is 13.6 Å². The summed E-state index contributed by atoms with van der Waals surface area (Å²) in [4.78, 5) is 12.7. The minimum absolute atomic E-state index is 0.126. The molecule has 10 nitrogen and oxygen atoms in total. The zero-order chi connectivity index (χ0) is 29.8. The summed E-state index contributed by atoms with van der Waals surface area (Å²) in [5, 5.41) is 0.220. The van der Waals surface area contributed by atoms with Gasteiger partial charge in [-0.2, -0.15) is 31.3 Å². The van der Waals surface area contributed by atoms with Crippen LogP contribution >= 0.6 is 19.4 Å². The number of nitrogens with zero attached hydrogens (tertiary/aromatic N) is 4. The number of imidazole rings is 1. The largest absolute Gasteiger partial charge is 0.573 e. The van der Waals surface area contributed by atoms with Crippen molar-refractivity contribution < 1.29 is 62.6 Å². The number of hydrogen-bond donors (Lipinski definition) is 1. The molecule has 0 aliphatic carbocycles. The van der Waals surface area contributed by atoms with E-state index >= 15 is 0 Å². The van der Waals surface area contributed by atoms with Crippen molar-refractivity contribution in [1.82, 2.24) is 19.5 Å². The molecule has 3 aromatic rings. The highest BCUT2D eigenvalue weighted by Crippen LogP contribution is 2.50. The highest BCUT2D eigenvalue weighted by Gasteiger charge is 2.38. The third-order valence-corrected chi connectivity index (χ3v) is 6.83. The summed E-state index contributed by atoms with van der Waals surface area (Å²) in [6.07, 6.45) is -14.8. The normalized spacial score (nSPS) is 13.2. The number of hydrogen-bond acceptors (Lipinski definition) is 10. The molecule has 1 aromatic carbocycles. The molecule has 0 atom stereocenters. The van der Waals surface area contributed by atoms with Crippen LogP contribution in [-0.2, 0) is 24.9 Å². The average molecular weight is 629 g/mol. The van der Waals surface area contributed by atoms with Crippen molar-refractivity contribution in [3.8, 4) is 5.75 Å². The number of ether oxygens (including phenoxy) is 2. The molecule has 21 heteroatoms. The second kappa shape index (κ2) is 12.4. The van der Waals surface area contributed by atoms with Crippen molar-refractivity contribution in [3.05, 3.63) is 30.6 Å². The highest BCUT2D eigenvalue weighted by molar-refractivity contribution is 7.99. The lowest BCUT2D eigenvalue weighted by Crippen LogP contribution is -2.21. The van der Waals surface area contributed by atoms with Crippen LogP contribution in [0.25, 0.3) is 11.2 Å². The summed E-state index contributed by atoms with van der Waals surface area (Å²) in [5.74, 6) is -0.647. The van der Waals surface area contributed by atoms with Crippen molar-refractivity contribution in [2.45, 2.75) is 35.2 Å². The Morgan fingerprint density at radius 1 is 0.925 bits per heavy atom. The van der Waals surface area contributed by atoms with Crippen LogP contribution in [0, 0.1) is 0 Å². The van der Waals surface area contributed by atoms with Crippen molar-refractivity contribution >= 4 is 36.5 Å². The number of nitrogens with two attached hydrogens (primary N) is 1. The van der Waals surface area contributed by atoms with E-state index in [0.29, 0.717) is 4.90 Å². The number of fused-ring (bicyclic) bond motifs is 1. The Morgan fingerprint density at radius 2 is 1.52 bits per heavy atom. The van der Waals surface area contributed by atoms with E-state index in [-0.39, 0.29) is 28.7 Å². The van der Waals surface area contributed by atoms with Gasteiger partial charge < -0.3 is 19.8 Å². The fraction of sp³-hybridized carbons (Fsp3) is 0.421. The lowest BCUT2D eigenvalue weighted by molar-refractivity contribution is -0.274. The Labute approximate surface area is 222 Å². The molecule has 2 aromatic heterocycles. The molecule has 0 spiro atoms. The molecule has 222 valence electrons. The minimum Gasteiger partial charge on any atom is -0.406 e. The number of nitrogen functional groups attached to an aromatic ring is 1. The summed E-state index contributed by atoms with van der Waals surface area (Å²) in [6.45, 7) is -4.76. The molecule has 3 rings (SSSR count). The Hall–Kier alpha value is -2.80. The van der Waals surface area contributed by atoms with Crippen molar-refractivity contribution in [3.63, 3.8) is 0 Å². The van der Waals surface area contributed by atoms with Gasteiger partial charge in [-0.1, -0.05) is 11.8 Å². The van der Waals surface area contributed by atoms with E-state index < -0.39 is 58.2 Å². The summed E-state index contributed by atoms with van der Waals surface area (Å²) < 4.78 is 142. The Balaban J connectivity index is 1.66. The van der Waals surface area contributed by atoms with Gasteiger partial charge in [0.2, 0.25) is 5.95 Å². The van der Waals surface area contributed by atoms with Crippen LogP contribution in [0.3, 0.4) is 0 Å². The number of benzene rings is 1. The molecule has 0 amide bonds. The molecule has 0 radical (unpaired) electrons. The van der Waals surface area contributed by atoms with E-state index in [0.717, 1.165) is 23.9 Å². The van der Waals surface area contributed by atoms with E-state index in [1.54, 1.807) is 0 Å². The molecule has 40 heavy (non-hydrogen) atoms. The van der Waals surface area contributed by atoms with E-state index in [4.69, 9.17) is 10.5 Å². The van der Waals surface area contributed by atoms with E-state index in [1.165, 1.54) is 23.0 Å². The molecular formula is C19H17F9N5O5PS. The van der Waals surface area contributed by atoms with E-state index in [9.17, 15) is 44.1 Å². The Morgan fingerprint density at radius 3 is 2.08 bits per heavy atom. The molecule has 0 fully saturated rings. The first-order valence-electron chi connectivity index (χ1n) is 10.5. The van der Waals surface area contributed by atoms with Gasteiger partial charge in [-0.05, 0) is 24.3 Å². The molecule has 0 bridgehead atoms. The second-order valence-electron chi connectivity index (χ2n) is 7.54. The smallest absolute Gasteiger partial charge is 0.406 e. The zero-order valence-electron chi connectivity index (χ0n) is 19.6. The molecule has 0 saturated carbocycles. The number of aromatic nitrogens is 4. The summed E-state index contributed by atoms with van der Waals surface area (Å²) in [6, 6.07) is 4.84. The van der Waals surface area contributed by atoms with Crippen LogP contribution in [0.2, 0.25) is 0 Å². The molecule has 0 unspecified atom stereocenters. The van der Waals surface area contributed by atoms with E-state index in [1.807, 2.05) is 0 Å². The first-order valence-corrected chi connectivity index (χ1v) is 13.1. The van der Waals surface area contributed by atoms with Crippen LogP contribution in [0.5, 0.6) is 5.75 Å². The third kappa shape index (κ3) is 10.3. The van der Waals surface area contributed by atoms with Gasteiger partial charge in [-0.25, -0.2) is 9.97 Å². The van der Waals surface area contributed by atoms with Crippen LogP contribution in [0.1, 0.15) is 0 Å². The molecular weight excluding hydrogens is 612 g/mol. The number of anilines is 1. The second-order valence-corrected chi connectivity index (χ2v) is 10.6. The Kier molecular flexibility index (Phi) is 9.82. The molecule has 0 aliphatic heterocycles. The number of halogens is 9. The van der Waals surface area contributed by atoms with Gasteiger partial charge in [0.15, 0.2) is 18.9 Å². The molecule has 2 N–H and O–H groups in total. The predicted octanol–water partition coefficient (Wildman–Crippen LogP) is 5.78.